The molecule has 152 valence electrons. The van der Waals surface area contributed by atoms with E-state index in [4.69, 9.17) is 9.47 Å². The Balaban J connectivity index is 1.40. The summed E-state index contributed by atoms with van der Waals surface area (Å²) >= 11 is 0. The van der Waals surface area contributed by atoms with Crippen LogP contribution in [0.25, 0.3) is 0 Å². The van der Waals surface area contributed by atoms with Crippen LogP contribution in [0.5, 0.6) is 5.75 Å². The molecule has 2 fully saturated rings. The highest BCUT2D eigenvalue weighted by atomic mass is 16.5. The number of nitrogens with one attached hydrogen (secondary N) is 1. The molecule has 1 aliphatic heterocycles. The van der Waals surface area contributed by atoms with E-state index in [0.717, 1.165) is 44.5 Å². The van der Waals surface area contributed by atoms with Crippen molar-refractivity contribution in [1.29, 1.82) is 0 Å². The zero-order chi connectivity index (χ0) is 19.9. The number of likely N-dealkylation sites (tertiary alicyclic amines) is 1. The van der Waals surface area contributed by atoms with E-state index < -0.39 is 0 Å². The summed E-state index contributed by atoms with van der Waals surface area (Å²) in [7, 11) is 0. The third-order valence-electron chi connectivity index (χ3n) is 5.02. The molecular formula is C21H28N2O5. The van der Waals surface area contributed by atoms with Gasteiger partial charge in [0.15, 0.2) is 0 Å². The molecule has 1 heterocycles. The second-order valence-corrected chi connectivity index (χ2v) is 7.25. The van der Waals surface area contributed by atoms with Gasteiger partial charge in [-0.25, -0.2) is 0 Å². The first-order valence-corrected chi connectivity index (χ1v) is 10.1. The van der Waals surface area contributed by atoms with E-state index in [9.17, 15) is 14.4 Å². The Hall–Kier alpha value is -2.57. The van der Waals surface area contributed by atoms with E-state index >= 15 is 0 Å². The maximum atomic E-state index is 12.1. The molecule has 28 heavy (non-hydrogen) atoms. The third-order valence-corrected chi connectivity index (χ3v) is 5.02. The van der Waals surface area contributed by atoms with Crippen LogP contribution in [0.15, 0.2) is 24.3 Å². The maximum absolute atomic E-state index is 12.1. The van der Waals surface area contributed by atoms with Gasteiger partial charge in [0.2, 0.25) is 5.91 Å². The standard InChI is InChI=1S/C21H28N2O5/c1-2-27-19(24)9-12-22-20(25)15-5-7-17(8-6-15)28-18-10-13-23(14-11-18)21(26)16-3-4-16/h5-8,16,18H,2-4,9-14H2,1H3,(H,22,25). The highest BCUT2D eigenvalue weighted by molar-refractivity contribution is 5.94. The molecule has 0 unspecified atom stereocenters. The zero-order valence-corrected chi connectivity index (χ0v) is 16.3. The molecule has 3 rings (SSSR count). The Morgan fingerprint density at radius 3 is 2.36 bits per heavy atom. The molecule has 7 heteroatoms. The molecule has 0 atom stereocenters. The summed E-state index contributed by atoms with van der Waals surface area (Å²) in [6.45, 7) is 3.83. The first-order chi connectivity index (χ1) is 13.6. The number of benzene rings is 1. The minimum absolute atomic E-state index is 0.0903. The number of piperidine rings is 1. The monoisotopic (exact) mass is 388 g/mol. The number of esters is 1. The number of rotatable bonds is 8. The normalized spacial score (nSPS) is 17.1. The first kappa shape index (κ1) is 20.2. The molecular weight excluding hydrogens is 360 g/mol. The SMILES string of the molecule is CCOC(=O)CCNC(=O)c1ccc(OC2CCN(C(=O)C3CC3)CC2)cc1. The number of hydrogen-bond donors (Lipinski definition) is 1. The predicted octanol–water partition coefficient (Wildman–Crippen LogP) is 2.15. The molecule has 1 aliphatic carbocycles. The topological polar surface area (TPSA) is 84.9 Å². The third kappa shape index (κ3) is 5.71. The molecule has 0 radical (unpaired) electrons. The molecule has 2 aliphatic rings. The van der Waals surface area contributed by atoms with Crippen molar-refractivity contribution in [2.75, 3.05) is 26.2 Å². The number of ether oxygens (including phenoxy) is 2. The zero-order valence-electron chi connectivity index (χ0n) is 16.3. The predicted molar refractivity (Wildman–Crippen MR) is 103 cm³/mol. The number of carbonyl (C=O) groups excluding carboxylic acids is 3. The Morgan fingerprint density at radius 1 is 1.07 bits per heavy atom. The average Bonchev–Trinajstić information content (AvgIpc) is 3.54. The maximum Gasteiger partial charge on any atom is 0.307 e. The second kappa shape index (κ2) is 9.57. The van der Waals surface area contributed by atoms with Crippen molar-refractivity contribution in [2.45, 2.75) is 45.1 Å². The molecule has 1 saturated heterocycles. The molecule has 0 bridgehead atoms. The van der Waals surface area contributed by atoms with Crippen molar-refractivity contribution in [2.24, 2.45) is 5.92 Å². The van der Waals surface area contributed by atoms with Crippen molar-refractivity contribution in [3.63, 3.8) is 0 Å². The van der Waals surface area contributed by atoms with Crippen LogP contribution in [0.4, 0.5) is 0 Å². The fraction of sp³-hybridized carbons (Fsp3) is 0.571. The van der Waals surface area contributed by atoms with E-state index in [1.54, 1.807) is 31.2 Å². The van der Waals surface area contributed by atoms with Gasteiger partial charge in [0.25, 0.3) is 5.91 Å². The Labute approximate surface area is 165 Å². The van der Waals surface area contributed by atoms with Crippen LogP contribution in [-0.2, 0) is 14.3 Å². The first-order valence-electron chi connectivity index (χ1n) is 10.1. The molecule has 7 nitrogen and oxygen atoms in total. The minimum Gasteiger partial charge on any atom is -0.490 e. The molecule has 1 aromatic rings. The Kier molecular flexibility index (Phi) is 6.90. The lowest BCUT2D eigenvalue weighted by atomic mass is 10.1. The van der Waals surface area contributed by atoms with E-state index in [0.29, 0.717) is 18.1 Å². The molecule has 2 amide bonds. The van der Waals surface area contributed by atoms with Crippen LogP contribution in [0.3, 0.4) is 0 Å². The van der Waals surface area contributed by atoms with Gasteiger partial charge < -0.3 is 19.7 Å². The van der Waals surface area contributed by atoms with Crippen molar-refractivity contribution in [3.8, 4) is 5.75 Å². The lowest BCUT2D eigenvalue weighted by Crippen LogP contribution is -2.42. The Bertz CT molecular complexity index is 691. The summed E-state index contributed by atoms with van der Waals surface area (Å²) in [5.41, 5.74) is 0.515. The van der Waals surface area contributed by atoms with Crippen molar-refractivity contribution < 1.29 is 23.9 Å². The summed E-state index contributed by atoms with van der Waals surface area (Å²) in [6, 6.07) is 6.98. The molecule has 1 saturated carbocycles. The van der Waals surface area contributed by atoms with Gasteiger partial charge in [-0.2, -0.15) is 0 Å². The van der Waals surface area contributed by atoms with Crippen LogP contribution in [0, 0.1) is 5.92 Å². The lowest BCUT2D eigenvalue weighted by Gasteiger charge is -2.32. The number of carbonyl (C=O) groups is 3. The quantitative estimate of drug-likeness (QED) is 0.690. The van der Waals surface area contributed by atoms with E-state index in [1.165, 1.54) is 0 Å². The minimum atomic E-state index is -0.323. The molecule has 0 aromatic heterocycles. The van der Waals surface area contributed by atoms with Gasteiger partial charge in [0.05, 0.1) is 13.0 Å². The summed E-state index contributed by atoms with van der Waals surface area (Å²) < 4.78 is 10.8. The summed E-state index contributed by atoms with van der Waals surface area (Å²) in [5, 5.41) is 2.70. The van der Waals surface area contributed by atoms with Gasteiger partial charge in [-0.3, -0.25) is 14.4 Å². The van der Waals surface area contributed by atoms with Crippen LogP contribution in [-0.4, -0.2) is 55.0 Å². The van der Waals surface area contributed by atoms with Gasteiger partial charge in [-0.05, 0) is 44.0 Å². The highest BCUT2D eigenvalue weighted by Crippen LogP contribution is 2.32. The van der Waals surface area contributed by atoms with Crippen LogP contribution < -0.4 is 10.1 Å². The largest absolute Gasteiger partial charge is 0.490 e. The van der Waals surface area contributed by atoms with Crippen molar-refractivity contribution >= 4 is 17.8 Å². The number of hydrogen-bond acceptors (Lipinski definition) is 5. The van der Waals surface area contributed by atoms with Gasteiger partial charge >= 0.3 is 5.97 Å². The fourth-order valence-electron chi connectivity index (χ4n) is 3.27. The second-order valence-electron chi connectivity index (χ2n) is 7.25. The van der Waals surface area contributed by atoms with Gasteiger partial charge in [0.1, 0.15) is 11.9 Å². The van der Waals surface area contributed by atoms with Gasteiger partial charge in [-0.15, -0.1) is 0 Å². The summed E-state index contributed by atoms with van der Waals surface area (Å²) in [6.07, 6.45) is 3.98. The fourth-order valence-corrected chi connectivity index (χ4v) is 3.27. The number of amides is 2. The average molecular weight is 388 g/mol. The van der Waals surface area contributed by atoms with E-state index in [1.807, 2.05) is 4.90 Å². The summed E-state index contributed by atoms with van der Waals surface area (Å²) in [4.78, 5) is 37.4. The van der Waals surface area contributed by atoms with Crippen LogP contribution >= 0.6 is 0 Å². The molecule has 0 spiro atoms. The smallest absolute Gasteiger partial charge is 0.307 e. The lowest BCUT2D eigenvalue weighted by molar-refractivity contribution is -0.143. The van der Waals surface area contributed by atoms with Gasteiger partial charge in [0, 0.05) is 44.0 Å². The van der Waals surface area contributed by atoms with Crippen LogP contribution in [0.2, 0.25) is 0 Å². The van der Waals surface area contributed by atoms with E-state index in [-0.39, 0.29) is 36.9 Å². The van der Waals surface area contributed by atoms with Crippen molar-refractivity contribution in [3.05, 3.63) is 29.8 Å². The Morgan fingerprint density at radius 2 is 1.75 bits per heavy atom. The van der Waals surface area contributed by atoms with Gasteiger partial charge in [-0.1, -0.05) is 0 Å². The van der Waals surface area contributed by atoms with E-state index in [2.05, 4.69) is 5.32 Å². The number of nitrogens with zero attached hydrogens (tertiary/aromatic N) is 1. The highest BCUT2D eigenvalue weighted by Gasteiger charge is 2.35. The van der Waals surface area contributed by atoms with Crippen molar-refractivity contribution in [1.82, 2.24) is 10.2 Å². The summed E-state index contributed by atoms with van der Waals surface area (Å²) in [5.74, 6) is 0.736. The van der Waals surface area contributed by atoms with Crippen LogP contribution in [0.1, 0.15) is 49.4 Å². The molecule has 1 aromatic carbocycles. The molecule has 1 N–H and O–H groups in total.